The van der Waals surface area contributed by atoms with Gasteiger partial charge < -0.3 is 15.2 Å². The number of aliphatic hydroxyl groups excluding tert-OH is 1. The molecule has 0 aliphatic carbocycles. The normalized spacial score (nSPS) is 19.6. The van der Waals surface area contributed by atoms with E-state index in [0.29, 0.717) is 39.4 Å². The maximum absolute atomic E-state index is 12.7. The third-order valence-electron chi connectivity index (χ3n) is 6.61. The number of morpholine rings is 1. The Labute approximate surface area is 201 Å². The molecule has 0 aromatic heterocycles. The number of carbonyl (C=O) groups excluding carboxylic acids is 1. The van der Waals surface area contributed by atoms with E-state index in [4.69, 9.17) is 4.74 Å². The van der Waals surface area contributed by atoms with Crippen LogP contribution < -0.4 is 5.32 Å². The number of nitrogens with one attached hydrogen (secondary N) is 1. The highest BCUT2D eigenvalue weighted by molar-refractivity contribution is 7.89. The Bertz CT molecular complexity index is 1030. The number of ether oxygens (including phenoxy) is 1. The average molecular weight is 488 g/mol. The Morgan fingerprint density at radius 3 is 2.29 bits per heavy atom. The highest BCUT2D eigenvalue weighted by Gasteiger charge is 2.27. The predicted octanol–water partition coefficient (Wildman–Crippen LogP) is 1.77. The molecule has 8 nitrogen and oxygen atoms in total. The summed E-state index contributed by atoms with van der Waals surface area (Å²) >= 11 is 0. The van der Waals surface area contributed by atoms with E-state index in [0.717, 1.165) is 37.1 Å². The van der Waals surface area contributed by atoms with Gasteiger partial charge in [0.1, 0.15) is 0 Å². The average Bonchev–Trinajstić information content (AvgIpc) is 2.89. The molecule has 2 aromatic carbocycles. The summed E-state index contributed by atoms with van der Waals surface area (Å²) in [7, 11) is -3.52. The minimum absolute atomic E-state index is 0.0629. The van der Waals surface area contributed by atoms with Crippen molar-refractivity contribution in [1.29, 1.82) is 0 Å². The number of benzene rings is 2. The molecule has 184 valence electrons. The molecule has 1 unspecified atom stereocenters. The van der Waals surface area contributed by atoms with Gasteiger partial charge in [-0.3, -0.25) is 9.69 Å². The Kier molecular flexibility index (Phi) is 8.33. The van der Waals surface area contributed by atoms with Gasteiger partial charge in [0, 0.05) is 19.6 Å². The molecular weight excluding hydrogens is 454 g/mol. The van der Waals surface area contributed by atoms with E-state index in [1.807, 2.05) is 30.3 Å². The molecular formula is C25H33N3O5S. The lowest BCUT2D eigenvalue weighted by Gasteiger charge is -2.34. The number of amides is 1. The van der Waals surface area contributed by atoms with Crippen LogP contribution >= 0.6 is 0 Å². The molecule has 0 bridgehead atoms. The number of hydrogen-bond acceptors (Lipinski definition) is 6. The summed E-state index contributed by atoms with van der Waals surface area (Å²) in [5.41, 5.74) is 1.79. The van der Waals surface area contributed by atoms with Crippen LogP contribution in [0.3, 0.4) is 0 Å². The summed E-state index contributed by atoms with van der Waals surface area (Å²) in [6.45, 7) is 3.76. The van der Waals surface area contributed by atoms with Crippen LogP contribution in [0.4, 0.5) is 0 Å². The van der Waals surface area contributed by atoms with Gasteiger partial charge in [-0.2, -0.15) is 4.31 Å². The van der Waals surface area contributed by atoms with Crippen LogP contribution in [-0.2, 0) is 26.1 Å². The third kappa shape index (κ3) is 6.22. The number of carbonyl (C=O) groups is 1. The minimum Gasteiger partial charge on any atom is -0.388 e. The van der Waals surface area contributed by atoms with Gasteiger partial charge in [-0.25, -0.2) is 8.42 Å². The number of rotatable bonds is 8. The second-order valence-corrected chi connectivity index (χ2v) is 10.8. The van der Waals surface area contributed by atoms with Crippen molar-refractivity contribution in [2.45, 2.75) is 30.4 Å². The maximum Gasteiger partial charge on any atom is 0.243 e. The van der Waals surface area contributed by atoms with Crippen LogP contribution in [0.2, 0.25) is 0 Å². The first-order valence-electron chi connectivity index (χ1n) is 11.8. The fourth-order valence-corrected chi connectivity index (χ4v) is 5.93. The molecule has 34 heavy (non-hydrogen) atoms. The quantitative estimate of drug-likeness (QED) is 0.589. The summed E-state index contributed by atoms with van der Waals surface area (Å²) in [4.78, 5) is 14.8. The molecule has 2 heterocycles. The lowest BCUT2D eigenvalue weighted by molar-refractivity contribution is -0.122. The molecule has 2 fully saturated rings. The molecule has 0 saturated carbocycles. The first-order valence-corrected chi connectivity index (χ1v) is 13.3. The van der Waals surface area contributed by atoms with Crippen LogP contribution in [0, 0.1) is 5.92 Å². The molecule has 2 aliphatic rings. The number of nitrogens with zero attached hydrogens (tertiary/aromatic N) is 2. The van der Waals surface area contributed by atoms with Crippen molar-refractivity contribution in [2.75, 3.05) is 45.9 Å². The van der Waals surface area contributed by atoms with Crippen LogP contribution in [0.15, 0.2) is 59.5 Å². The zero-order valence-electron chi connectivity index (χ0n) is 19.3. The molecule has 9 heteroatoms. The number of aliphatic hydroxyl groups is 1. The summed E-state index contributed by atoms with van der Waals surface area (Å²) in [5, 5.41) is 13.5. The molecule has 2 N–H and O–H groups in total. The van der Waals surface area contributed by atoms with E-state index in [9.17, 15) is 18.3 Å². The first kappa shape index (κ1) is 24.8. The maximum atomic E-state index is 12.7. The minimum atomic E-state index is -3.52. The van der Waals surface area contributed by atoms with Crippen molar-refractivity contribution in [3.05, 3.63) is 65.7 Å². The summed E-state index contributed by atoms with van der Waals surface area (Å²) < 4.78 is 32.1. The van der Waals surface area contributed by atoms with Gasteiger partial charge >= 0.3 is 0 Å². The number of likely N-dealkylation sites (tertiary alicyclic amines) is 1. The van der Waals surface area contributed by atoms with Crippen molar-refractivity contribution >= 4 is 15.9 Å². The van der Waals surface area contributed by atoms with Crippen molar-refractivity contribution in [2.24, 2.45) is 5.92 Å². The van der Waals surface area contributed by atoms with Gasteiger partial charge in [-0.1, -0.05) is 42.5 Å². The zero-order chi connectivity index (χ0) is 24.0. The van der Waals surface area contributed by atoms with Crippen LogP contribution in [0.25, 0.3) is 0 Å². The molecule has 2 aliphatic heterocycles. The molecule has 4 rings (SSSR count). The Balaban J connectivity index is 1.21. The second kappa shape index (κ2) is 11.4. The van der Waals surface area contributed by atoms with Gasteiger partial charge in [0.2, 0.25) is 15.9 Å². The predicted molar refractivity (Wildman–Crippen MR) is 128 cm³/mol. The summed E-state index contributed by atoms with van der Waals surface area (Å²) in [6.07, 6.45) is 1.23. The van der Waals surface area contributed by atoms with Gasteiger partial charge in [0.15, 0.2) is 0 Å². The van der Waals surface area contributed by atoms with E-state index in [1.54, 1.807) is 24.3 Å². The highest BCUT2D eigenvalue weighted by atomic mass is 32.2. The Morgan fingerprint density at radius 1 is 1.00 bits per heavy atom. The lowest BCUT2D eigenvalue weighted by atomic mass is 9.87. The number of piperidine rings is 1. The smallest absolute Gasteiger partial charge is 0.243 e. The Morgan fingerprint density at radius 2 is 1.65 bits per heavy atom. The van der Waals surface area contributed by atoms with Crippen molar-refractivity contribution in [3.8, 4) is 0 Å². The standard InChI is InChI=1S/C25H33N3O5S/c29-24(19-27-12-10-22(11-13-27)25(30)21-4-2-1-3-5-21)26-18-20-6-8-23(9-7-20)34(31,32)28-14-16-33-17-15-28/h1-9,22,25,30H,10-19H2,(H,26,29). The fourth-order valence-electron chi connectivity index (χ4n) is 4.52. The van der Waals surface area contributed by atoms with Crippen LogP contribution in [0.5, 0.6) is 0 Å². The third-order valence-corrected chi connectivity index (χ3v) is 8.52. The SMILES string of the molecule is O=C(CN1CCC(C(O)c2ccccc2)CC1)NCc1ccc(S(=O)(=O)N2CCOCC2)cc1. The monoisotopic (exact) mass is 487 g/mol. The first-order chi connectivity index (χ1) is 16.4. The number of sulfonamides is 1. The molecule has 2 aromatic rings. The van der Waals surface area contributed by atoms with Gasteiger partial charge in [0.25, 0.3) is 0 Å². The second-order valence-electron chi connectivity index (χ2n) is 8.91. The molecule has 0 radical (unpaired) electrons. The topological polar surface area (TPSA) is 99.2 Å². The van der Waals surface area contributed by atoms with Crippen LogP contribution in [0.1, 0.15) is 30.1 Å². The van der Waals surface area contributed by atoms with E-state index < -0.39 is 16.1 Å². The largest absolute Gasteiger partial charge is 0.388 e. The number of hydrogen-bond donors (Lipinski definition) is 2. The van der Waals surface area contributed by atoms with E-state index in [-0.39, 0.29) is 16.7 Å². The van der Waals surface area contributed by atoms with E-state index in [1.165, 1.54) is 4.31 Å². The molecule has 1 atom stereocenters. The van der Waals surface area contributed by atoms with E-state index in [2.05, 4.69) is 10.2 Å². The van der Waals surface area contributed by atoms with Gasteiger partial charge in [-0.15, -0.1) is 0 Å². The van der Waals surface area contributed by atoms with Crippen molar-refractivity contribution < 1.29 is 23.1 Å². The molecule has 1 amide bonds. The molecule has 0 spiro atoms. The zero-order valence-corrected chi connectivity index (χ0v) is 20.1. The van der Waals surface area contributed by atoms with Gasteiger partial charge in [-0.05, 0) is 55.1 Å². The molecule has 2 saturated heterocycles. The van der Waals surface area contributed by atoms with Crippen molar-refractivity contribution in [1.82, 2.24) is 14.5 Å². The summed E-state index contributed by atoms with van der Waals surface area (Å²) in [5.74, 6) is 0.140. The fraction of sp³-hybridized carbons (Fsp3) is 0.480. The highest BCUT2D eigenvalue weighted by Crippen LogP contribution is 2.30. The lowest BCUT2D eigenvalue weighted by Crippen LogP contribution is -2.42. The Hall–Kier alpha value is -2.30. The van der Waals surface area contributed by atoms with Gasteiger partial charge in [0.05, 0.1) is 30.8 Å². The van der Waals surface area contributed by atoms with E-state index >= 15 is 0 Å². The van der Waals surface area contributed by atoms with Crippen molar-refractivity contribution in [3.63, 3.8) is 0 Å². The summed E-state index contributed by atoms with van der Waals surface area (Å²) in [6, 6.07) is 16.4. The van der Waals surface area contributed by atoms with Crippen LogP contribution in [-0.4, -0.2) is 74.6 Å².